The number of benzene rings is 2. The zero-order valence-corrected chi connectivity index (χ0v) is 16.2. The van der Waals surface area contributed by atoms with Gasteiger partial charge in [0.15, 0.2) is 5.16 Å². The first kappa shape index (κ1) is 19.6. The summed E-state index contributed by atoms with van der Waals surface area (Å²) < 4.78 is 30.7. The van der Waals surface area contributed by atoms with Gasteiger partial charge < -0.3 is 4.74 Å². The smallest absolute Gasteiger partial charge is 0.387 e. The van der Waals surface area contributed by atoms with E-state index >= 15 is 0 Å². The molecule has 29 heavy (non-hydrogen) atoms. The summed E-state index contributed by atoms with van der Waals surface area (Å²) in [5, 5.41) is 0.612. The Kier molecular flexibility index (Phi) is 5.62. The number of ether oxygens (including phenoxy) is 1. The second-order valence-electron chi connectivity index (χ2n) is 6.74. The van der Waals surface area contributed by atoms with E-state index in [9.17, 15) is 18.4 Å². The molecule has 1 atom stereocenters. The summed E-state index contributed by atoms with van der Waals surface area (Å²) in [6.07, 6.45) is 3.13. The Morgan fingerprint density at radius 2 is 1.83 bits per heavy atom. The van der Waals surface area contributed by atoms with Gasteiger partial charge in [-0.25, -0.2) is 4.98 Å². The molecule has 1 heterocycles. The van der Waals surface area contributed by atoms with Crippen molar-refractivity contribution in [1.29, 1.82) is 0 Å². The number of fused-ring (bicyclic) bond motifs is 1. The lowest BCUT2D eigenvalue weighted by Crippen LogP contribution is -2.26. The van der Waals surface area contributed by atoms with Gasteiger partial charge in [-0.1, -0.05) is 30.3 Å². The first-order valence-corrected chi connectivity index (χ1v) is 10.2. The number of hydrogen-bond acceptors (Lipinski definition) is 5. The van der Waals surface area contributed by atoms with E-state index in [1.807, 2.05) is 0 Å². The number of carbonyl (C=O) groups is 1. The largest absolute Gasteiger partial charge is 0.435 e. The summed E-state index contributed by atoms with van der Waals surface area (Å²) in [6, 6.07) is 12.8. The number of carbonyl (C=O) groups excluding carboxylic acids is 1. The van der Waals surface area contributed by atoms with Crippen molar-refractivity contribution < 1.29 is 18.3 Å². The molecule has 1 saturated carbocycles. The van der Waals surface area contributed by atoms with Crippen molar-refractivity contribution in [2.24, 2.45) is 0 Å². The van der Waals surface area contributed by atoms with Crippen LogP contribution in [0.1, 0.15) is 25.7 Å². The maximum absolute atomic E-state index is 13.2. The van der Waals surface area contributed by atoms with E-state index in [0.29, 0.717) is 28.2 Å². The van der Waals surface area contributed by atoms with E-state index in [1.165, 1.54) is 40.6 Å². The Morgan fingerprint density at radius 1 is 1.07 bits per heavy atom. The number of thioether (sulfide) groups is 1. The molecule has 2 aromatic carbocycles. The van der Waals surface area contributed by atoms with Crippen molar-refractivity contribution in [2.45, 2.75) is 42.7 Å². The maximum Gasteiger partial charge on any atom is 0.387 e. The summed E-state index contributed by atoms with van der Waals surface area (Å²) in [5.74, 6) is 0.165. The molecular formula is C21H18F2N2O3S. The molecule has 8 heteroatoms. The van der Waals surface area contributed by atoms with Gasteiger partial charge in [-0.15, -0.1) is 0 Å². The number of para-hydroxylation sites is 1. The van der Waals surface area contributed by atoms with Crippen LogP contribution in [-0.4, -0.2) is 27.2 Å². The van der Waals surface area contributed by atoms with Crippen molar-refractivity contribution in [3.8, 4) is 11.4 Å². The van der Waals surface area contributed by atoms with Crippen molar-refractivity contribution in [1.82, 2.24) is 9.55 Å². The van der Waals surface area contributed by atoms with Gasteiger partial charge in [0.25, 0.3) is 5.56 Å². The SMILES string of the molecule is O=C1CCCCC1Sc1nc2ccccc2c(=O)n1-c1ccc(OC(F)F)cc1. The predicted octanol–water partition coefficient (Wildman–Crippen LogP) is 4.59. The van der Waals surface area contributed by atoms with E-state index in [4.69, 9.17) is 0 Å². The molecule has 0 N–H and O–H groups in total. The summed E-state index contributed by atoms with van der Waals surface area (Å²) in [5.41, 5.74) is 0.752. The normalized spacial score (nSPS) is 17.1. The minimum absolute atomic E-state index is 0.00205. The zero-order valence-electron chi connectivity index (χ0n) is 15.4. The standard InChI is InChI=1S/C21H18F2N2O3S/c22-20(23)28-14-11-9-13(10-12-14)25-19(27)15-5-1-2-6-16(15)24-21(25)29-18-8-4-3-7-17(18)26/h1-2,5-6,9-12,18,20H,3-4,7-8H2. The molecule has 0 radical (unpaired) electrons. The fraction of sp³-hybridized carbons (Fsp3) is 0.286. The number of nitrogens with zero attached hydrogens (tertiary/aromatic N) is 2. The first-order valence-electron chi connectivity index (χ1n) is 9.29. The van der Waals surface area contributed by atoms with Crippen LogP contribution in [0.3, 0.4) is 0 Å². The minimum atomic E-state index is -2.92. The van der Waals surface area contributed by atoms with Gasteiger partial charge in [0, 0.05) is 6.42 Å². The lowest BCUT2D eigenvalue weighted by molar-refractivity contribution is -0.119. The highest BCUT2D eigenvalue weighted by Crippen LogP contribution is 2.32. The van der Waals surface area contributed by atoms with Crippen molar-refractivity contribution >= 4 is 28.4 Å². The van der Waals surface area contributed by atoms with E-state index < -0.39 is 6.61 Å². The Balaban J connectivity index is 1.81. The van der Waals surface area contributed by atoms with E-state index in [0.717, 1.165) is 19.3 Å². The summed E-state index contributed by atoms with van der Waals surface area (Å²) in [7, 11) is 0. The number of hydrogen-bond donors (Lipinski definition) is 0. The van der Waals surface area contributed by atoms with Gasteiger partial charge in [-0.05, 0) is 49.2 Å². The number of aromatic nitrogens is 2. The second-order valence-corrected chi connectivity index (χ2v) is 7.91. The fourth-order valence-electron chi connectivity index (χ4n) is 3.40. The summed E-state index contributed by atoms with van der Waals surface area (Å²) >= 11 is 1.29. The molecule has 1 aromatic heterocycles. The first-order chi connectivity index (χ1) is 14.0. The number of Topliss-reactive ketones (excluding diaryl/α,β-unsaturated/α-hetero) is 1. The highest BCUT2D eigenvalue weighted by atomic mass is 32.2. The van der Waals surface area contributed by atoms with Crippen LogP contribution in [0.25, 0.3) is 16.6 Å². The minimum Gasteiger partial charge on any atom is -0.435 e. The van der Waals surface area contributed by atoms with Crippen molar-refractivity contribution in [2.75, 3.05) is 0 Å². The van der Waals surface area contributed by atoms with Crippen LogP contribution in [0.15, 0.2) is 58.5 Å². The van der Waals surface area contributed by atoms with Crippen molar-refractivity contribution in [3.63, 3.8) is 0 Å². The lowest BCUT2D eigenvalue weighted by Gasteiger charge is -2.21. The molecule has 0 saturated heterocycles. The molecule has 5 nitrogen and oxygen atoms in total. The Bertz CT molecular complexity index is 1100. The van der Waals surface area contributed by atoms with Gasteiger partial charge >= 0.3 is 6.61 Å². The van der Waals surface area contributed by atoms with E-state index in [2.05, 4.69) is 9.72 Å². The third-order valence-electron chi connectivity index (χ3n) is 4.81. The molecule has 1 fully saturated rings. The molecule has 1 unspecified atom stereocenters. The number of alkyl halides is 2. The summed E-state index contributed by atoms with van der Waals surface area (Å²) in [6.45, 7) is -2.92. The zero-order chi connectivity index (χ0) is 20.4. The van der Waals surface area contributed by atoms with Crippen LogP contribution in [0.5, 0.6) is 5.75 Å². The monoisotopic (exact) mass is 416 g/mol. The summed E-state index contributed by atoms with van der Waals surface area (Å²) in [4.78, 5) is 30.2. The van der Waals surface area contributed by atoms with Gasteiger partial charge in [-0.3, -0.25) is 14.2 Å². The molecule has 1 aliphatic carbocycles. The molecular weight excluding hydrogens is 398 g/mol. The van der Waals surface area contributed by atoms with Crippen LogP contribution in [-0.2, 0) is 4.79 Å². The molecule has 0 bridgehead atoms. The Labute approximate surface area is 169 Å². The molecule has 0 aliphatic heterocycles. The quantitative estimate of drug-likeness (QED) is 0.570. The molecule has 0 spiro atoms. The molecule has 150 valence electrons. The van der Waals surface area contributed by atoms with Gasteiger partial charge in [0.1, 0.15) is 11.5 Å². The van der Waals surface area contributed by atoms with Crippen LogP contribution < -0.4 is 10.3 Å². The molecule has 1 aliphatic rings. The third-order valence-corrected chi connectivity index (χ3v) is 6.08. The average molecular weight is 416 g/mol. The van der Waals surface area contributed by atoms with Crippen molar-refractivity contribution in [3.05, 3.63) is 58.9 Å². The van der Waals surface area contributed by atoms with Crippen LogP contribution in [0.4, 0.5) is 8.78 Å². The molecule has 0 amide bonds. The molecule has 3 aromatic rings. The Hall–Kier alpha value is -2.74. The molecule has 4 rings (SSSR count). The van der Waals surface area contributed by atoms with Gasteiger partial charge in [-0.2, -0.15) is 8.78 Å². The van der Waals surface area contributed by atoms with E-state index in [-0.39, 0.29) is 22.3 Å². The fourth-order valence-corrected chi connectivity index (χ4v) is 4.63. The van der Waals surface area contributed by atoms with Crippen LogP contribution in [0, 0.1) is 0 Å². The van der Waals surface area contributed by atoms with Crippen LogP contribution >= 0.6 is 11.8 Å². The van der Waals surface area contributed by atoms with Crippen LogP contribution in [0.2, 0.25) is 0 Å². The third kappa shape index (κ3) is 4.17. The number of halogens is 2. The highest BCUT2D eigenvalue weighted by Gasteiger charge is 2.26. The average Bonchev–Trinajstić information content (AvgIpc) is 2.71. The highest BCUT2D eigenvalue weighted by molar-refractivity contribution is 8.00. The second kappa shape index (κ2) is 8.32. The maximum atomic E-state index is 13.2. The van der Waals surface area contributed by atoms with E-state index in [1.54, 1.807) is 24.3 Å². The topological polar surface area (TPSA) is 61.2 Å². The Morgan fingerprint density at radius 3 is 2.55 bits per heavy atom. The predicted molar refractivity (Wildman–Crippen MR) is 107 cm³/mol. The number of ketones is 1. The van der Waals surface area contributed by atoms with Gasteiger partial charge in [0.2, 0.25) is 0 Å². The number of rotatable bonds is 5. The lowest BCUT2D eigenvalue weighted by atomic mass is 9.99. The van der Waals surface area contributed by atoms with Gasteiger partial charge in [0.05, 0.1) is 21.8 Å².